The summed E-state index contributed by atoms with van der Waals surface area (Å²) < 4.78 is 0. The number of thiophene rings is 1. The van der Waals surface area contributed by atoms with Crippen LogP contribution in [-0.4, -0.2) is 35.0 Å². The van der Waals surface area contributed by atoms with Crippen LogP contribution in [0.4, 0.5) is 0 Å². The van der Waals surface area contributed by atoms with Crippen LogP contribution >= 0.6 is 11.3 Å². The summed E-state index contributed by atoms with van der Waals surface area (Å²) in [5, 5.41) is 10.8. The molecular formula is C11H13NO3S. The molecule has 1 N–H and O–H groups in total. The Kier molecular flexibility index (Phi) is 3.24. The monoisotopic (exact) mass is 239 g/mol. The van der Waals surface area contributed by atoms with Crippen molar-refractivity contribution in [3.63, 3.8) is 0 Å². The Morgan fingerprint density at radius 2 is 2.38 bits per heavy atom. The fourth-order valence-electron chi connectivity index (χ4n) is 1.86. The first-order chi connectivity index (χ1) is 7.66. The molecule has 5 heteroatoms. The van der Waals surface area contributed by atoms with E-state index in [1.54, 1.807) is 16.2 Å². The van der Waals surface area contributed by atoms with E-state index in [0.717, 1.165) is 4.88 Å². The second-order valence-corrected chi connectivity index (χ2v) is 4.95. The number of hydrogen-bond acceptors (Lipinski definition) is 3. The molecule has 1 aromatic rings. The van der Waals surface area contributed by atoms with Crippen LogP contribution in [0.2, 0.25) is 0 Å². The maximum Gasteiger partial charge on any atom is 0.308 e. The first-order valence-corrected chi connectivity index (χ1v) is 6.08. The summed E-state index contributed by atoms with van der Waals surface area (Å²) in [6, 6.07) is 3.84. The molecule has 1 aromatic heterocycles. The number of rotatable bonds is 3. The molecule has 2 rings (SSSR count). The molecule has 0 aromatic carbocycles. The molecule has 0 spiro atoms. The lowest BCUT2D eigenvalue weighted by atomic mass is 10.1. The fourth-order valence-corrected chi connectivity index (χ4v) is 2.56. The van der Waals surface area contributed by atoms with Crippen LogP contribution in [0.1, 0.15) is 11.3 Å². The van der Waals surface area contributed by atoms with Crippen molar-refractivity contribution >= 4 is 23.2 Å². The zero-order valence-electron chi connectivity index (χ0n) is 8.76. The summed E-state index contributed by atoms with van der Waals surface area (Å²) in [4.78, 5) is 25.3. The first kappa shape index (κ1) is 11.1. The Bertz CT molecular complexity index is 388. The highest BCUT2D eigenvalue weighted by molar-refractivity contribution is 7.10. The van der Waals surface area contributed by atoms with Crippen molar-refractivity contribution in [2.75, 3.05) is 13.1 Å². The van der Waals surface area contributed by atoms with Gasteiger partial charge in [-0.2, -0.15) is 0 Å². The minimum absolute atomic E-state index is 0.0335. The van der Waals surface area contributed by atoms with Gasteiger partial charge in [0.25, 0.3) is 0 Å². The minimum atomic E-state index is -0.800. The molecule has 1 unspecified atom stereocenters. The lowest BCUT2D eigenvalue weighted by molar-refractivity contribution is -0.141. The summed E-state index contributed by atoms with van der Waals surface area (Å²) >= 11 is 1.55. The van der Waals surface area contributed by atoms with E-state index in [0.29, 0.717) is 25.9 Å². The van der Waals surface area contributed by atoms with Gasteiger partial charge in [0.15, 0.2) is 0 Å². The normalized spacial score (nSPS) is 20.0. The summed E-state index contributed by atoms with van der Waals surface area (Å²) in [5.74, 6) is -1.15. The summed E-state index contributed by atoms with van der Waals surface area (Å²) in [6.45, 7) is 0.931. The Morgan fingerprint density at radius 1 is 1.56 bits per heavy atom. The van der Waals surface area contributed by atoms with Crippen LogP contribution in [0.25, 0.3) is 0 Å². The van der Waals surface area contributed by atoms with Crippen LogP contribution in [0.5, 0.6) is 0 Å². The summed E-state index contributed by atoms with van der Waals surface area (Å²) in [5.41, 5.74) is 0. The number of aliphatic carboxylic acids is 1. The number of hydrogen-bond donors (Lipinski definition) is 1. The predicted octanol–water partition coefficient (Wildman–Crippen LogP) is 1.22. The molecule has 0 saturated carbocycles. The van der Waals surface area contributed by atoms with Crippen molar-refractivity contribution < 1.29 is 14.7 Å². The topological polar surface area (TPSA) is 57.6 Å². The Morgan fingerprint density at radius 3 is 2.94 bits per heavy atom. The maximum absolute atomic E-state index is 11.8. The van der Waals surface area contributed by atoms with Gasteiger partial charge in [0, 0.05) is 18.0 Å². The van der Waals surface area contributed by atoms with E-state index < -0.39 is 5.97 Å². The van der Waals surface area contributed by atoms with Crippen LogP contribution in [0.3, 0.4) is 0 Å². The van der Waals surface area contributed by atoms with Gasteiger partial charge in [0.1, 0.15) is 0 Å². The number of amides is 1. The van der Waals surface area contributed by atoms with Crippen molar-refractivity contribution in [2.45, 2.75) is 12.8 Å². The lowest BCUT2D eigenvalue weighted by Crippen LogP contribution is -2.30. The van der Waals surface area contributed by atoms with E-state index in [9.17, 15) is 9.59 Å². The minimum Gasteiger partial charge on any atom is -0.481 e. The molecule has 1 saturated heterocycles. The van der Waals surface area contributed by atoms with Gasteiger partial charge in [-0.3, -0.25) is 9.59 Å². The van der Waals surface area contributed by atoms with Gasteiger partial charge in [-0.05, 0) is 17.9 Å². The highest BCUT2D eigenvalue weighted by Gasteiger charge is 2.30. The van der Waals surface area contributed by atoms with Crippen molar-refractivity contribution in [3.05, 3.63) is 22.4 Å². The summed E-state index contributed by atoms with van der Waals surface area (Å²) in [7, 11) is 0. The third-order valence-corrected chi connectivity index (χ3v) is 3.67. The first-order valence-electron chi connectivity index (χ1n) is 5.20. The van der Waals surface area contributed by atoms with Gasteiger partial charge in [0.05, 0.1) is 12.3 Å². The number of nitrogens with zero attached hydrogens (tertiary/aromatic N) is 1. The van der Waals surface area contributed by atoms with Gasteiger partial charge < -0.3 is 10.0 Å². The van der Waals surface area contributed by atoms with Gasteiger partial charge >= 0.3 is 5.97 Å². The zero-order chi connectivity index (χ0) is 11.5. The molecule has 1 atom stereocenters. The second kappa shape index (κ2) is 4.65. The molecule has 1 aliphatic rings. The third-order valence-electron chi connectivity index (χ3n) is 2.80. The Labute approximate surface area is 97.5 Å². The average Bonchev–Trinajstić information content (AvgIpc) is 2.86. The van der Waals surface area contributed by atoms with E-state index in [1.165, 1.54) is 0 Å². The van der Waals surface area contributed by atoms with Crippen LogP contribution in [-0.2, 0) is 16.0 Å². The largest absolute Gasteiger partial charge is 0.481 e. The average molecular weight is 239 g/mol. The standard InChI is InChI=1S/C11H13NO3S/c13-10(6-9-2-1-5-16-9)12-4-3-8(7-12)11(14)15/h1-2,5,8H,3-4,6-7H2,(H,14,15). The van der Waals surface area contributed by atoms with Gasteiger partial charge in [-0.25, -0.2) is 0 Å². The highest BCUT2D eigenvalue weighted by Crippen LogP contribution is 2.18. The molecule has 4 nitrogen and oxygen atoms in total. The molecule has 1 amide bonds. The zero-order valence-corrected chi connectivity index (χ0v) is 9.57. The molecule has 0 radical (unpaired) electrons. The predicted molar refractivity (Wildman–Crippen MR) is 60.3 cm³/mol. The van der Waals surface area contributed by atoms with E-state index in [-0.39, 0.29) is 11.8 Å². The molecule has 16 heavy (non-hydrogen) atoms. The number of carboxylic acids is 1. The third kappa shape index (κ3) is 2.41. The van der Waals surface area contributed by atoms with E-state index in [2.05, 4.69) is 0 Å². The Balaban J connectivity index is 1.90. The quantitative estimate of drug-likeness (QED) is 0.863. The van der Waals surface area contributed by atoms with Crippen molar-refractivity contribution in [1.82, 2.24) is 4.90 Å². The van der Waals surface area contributed by atoms with E-state index in [4.69, 9.17) is 5.11 Å². The van der Waals surface area contributed by atoms with Gasteiger partial charge in [-0.15, -0.1) is 11.3 Å². The molecule has 0 aliphatic carbocycles. The number of carbonyl (C=O) groups is 2. The smallest absolute Gasteiger partial charge is 0.308 e. The van der Waals surface area contributed by atoms with Gasteiger partial charge in [0.2, 0.25) is 5.91 Å². The highest BCUT2D eigenvalue weighted by atomic mass is 32.1. The maximum atomic E-state index is 11.8. The van der Waals surface area contributed by atoms with Gasteiger partial charge in [-0.1, -0.05) is 6.07 Å². The van der Waals surface area contributed by atoms with Crippen LogP contribution < -0.4 is 0 Å². The molecule has 1 aliphatic heterocycles. The summed E-state index contributed by atoms with van der Waals surface area (Å²) in [6.07, 6.45) is 0.968. The number of carbonyl (C=O) groups excluding carboxylic acids is 1. The number of likely N-dealkylation sites (tertiary alicyclic amines) is 1. The number of carboxylic acid groups (broad SMARTS) is 1. The lowest BCUT2D eigenvalue weighted by Gasteiger charge is -2.14. The van der Waals surface area contributed by atoms with E-state index >= 15 is 0 Å². The van der Waals surface area contributed by atoms with Crippen molar-refractivity contribution in [2.24, 2.45) is 5.92 Å². The SMILES string of the molecule is O=C(O)C1CCN(C(=O)Cc2cccs2)C1. The van der Waals surface area contributed by atoms with Crippen LogP contribution in [0.15, 0.2) is 17.5 Å². The molecule has 0 bridgehead atoms. The molecule has 1 fully saturated rings. The fraction of sp³-hybridized carbons (Fsp3) is 0.455. The van der Waals surface area contributed by atoms with Crippen molar-refractivity contribution in [3.8, 4) is 0 Å². The van der Waals surface area contributed by atoms with Crippen LogP contribution in [0, 0.1) is 5.92 Å². The van der Waals surface area contributed by atoms with E-state index in [1.807, 2.05) is 17.5 Å². The Hall–Kier alpha value is -1.36. The second-order valence-electron chi connectivity index (χ2n) is 3.92. The van der Waals surface area contributed by atoms with Crippen molar-refractivity contribution in [1.29, 1.82) is 0 Å². The molecule has 2 heterocycles. The molecule has 86 valence electrons. The molecular weight excluding hydrogens is 226 g/mol.